The zero-order chi connectivity index (χ0) is 24.5. The van der Waals surface area contributed by atoms with Crippen LogP contribution in [0.5, 0.6) is 0 Å². The van der Waals surface area contributed by atoms with Gasteiger partial charge in [-0.1, -0.05) is 13.0 Å². The number of benzene rings is 1. The quantitative estimate of drug-likeness (QED) is 0.197. The topological polar surface area (TPSA) is 171 Å². The summed E-state index contributed by atoms with van der Waals surface area (Å²) in [5.41, 5.74) is -0.900. The molecule has 33 heavy (non-hydrogen) atoms. The highest BCUT2D eigenvalue weighted by Crippen LogP contribution is 2.31. The van der Waals surface area contributed by atoms with Crippen LogP contribution in [-0.4, -0.2) is 52.6 Å². The Balaban J connectivity index is 1.66. The van der Waals surface area contributed by atoms with Gasteiger partial charge in [-0.25, -0.2) is 4.79 Å². The van der Waals surface area contributed by atoms with Crippen molar-refractivity contribution < 1.29 is 27.4 Å². The molecule has 1 aromatic heterocycles. The van der Waals surface area contributed by atoms with E-state index >= 15 is 0 Å². The van der Waals surface area contributed by atoms with Crippen molar-refractivity contribution in [1.82, 2.24) is 9.55 Å². The molecule has 2 heterocycles. The summed E-state index contributed by atoms with van der Waals surface area (Å²) in [6.45, 7) is 2.54. The van der Waals surface area contributed by atoms with Gasteiger partial charge in [-0.05, 0) is 35.6 Å². The molecule has 0 saturated carbocycles. The largest absolute Gasteiger partial charge is 0.390 e. The molecule has 1 fully saturated rings. The van der Waals surface area contributed by atoms with Crippen molar-refractivity contribution in [3.05, 3.63) is 70.0 Å². The van der Waals surface area contributed by atoms with Crippen LogP contribution < -0.4 is 11.2 Å². The molecule has 0 radical (unpaired) electrons. The molecule has 0 spiro atoms. The van der Waals surface area contributed by atoms with Gasteiger partial charge < -0.3 is 9.84 Å². The van der Waals surface area contributed by atoms with Crippen molar-refractivity contribution in [2.75, 3.05) is 12.4 Å². The number of H-pyrrole nitrogens is 1. The third-order valence-corrected chi connectivity index (χ3v) is 7.32. The predicted molar refractivity (Wildman–Crippen MR) is 125 cm³/mol. The number of aromatic amines is 1. The Hall–Kier alpha value is -2.14. The standard InChI is InChI=1S/C19H22IN3O9S/c1-10-7-22(19(26)21-18(10)25)17-6-15(24)16(32-17)8-31-33(29,30)9-11(2)13-4-3-12(20)5-14(13)23(27)28/h3-5,7,11,15-17,24H,6,8-9H2,1-2H3,(H,21,25,26)/t11?,15-,16+,17+/m0/s1. The molecule has 1 unspecified atom stereocenters. The number of nitrogens with one attached hydrogen (secondary N) is 1. The fourth-order valence-electron chi connectivity index (χ4n) is 3.54. The molecule has 14 heteroatoms. The number of halogens is 1. The van der Waals surface area contributed by atoms with E-state index in [0.29, 0.717) is 3.57 Å². The molecule has 180 valence electrons. The van der Waals surface area contributed by atoms with Gasteiger partial charge in [0.25, 0.3) is 21.4 Å². The average molecular weight is 595 g/mol. The van der Waals surface area contributed by atoms with E-state index in [9.17, 15) is 33.2 Å². The maximum atomic E-state index is 12.5. The third kappa shape index (κ3) is 6.06. The summed E-state index contributed by atoms with van der Waals surface area (Å²) in [7, 11) is -4.13. The number of nitro groups is 1. The van der Waals surface area contributed by atoms with Crippen molar-refractivity contribution in [3.8, 4) is 0 Å². The fourth-order valence-corrected chi connectivity index (χ4v) is 5.25. The molecule has 0 aliphatic carbocycles. The first-order chi connectivity index (χ1) is 15.4. The molecule has 2 N–H and O–H groups in total. The van der Waals surface area contributed by atoms with Gasteiger partial charge in [0.15, 0.2) is 0 Å². The number of ether oxygens (including phenoxy) is 1. The lowest BCUT2D eigenvalue weighted by Gasteiger charge is -2.17. The molecule has 0 amide bonds. The lowest BCUT2D eigenvalue weighted by Crippen LogP contribution is -2.33. The van der Waals surface area contributed by atoms with Crippen molar-refractivity contribution in [1.29, 1.82) is 0 Å². The maximum absolute atomic E-state index is 12.5. The lowest BCUT2D eigenvalue weighted by atomic mass is 10.0. The molecule has 1 saturated heterocycles. The summed E-state index contributed by atoms with van der Waals surface area (Å²) in [5.74, 6) is -1.24. The van der Waals surface area contributed by atoms with Gasteiger partial charge in [0.2, 0.25) is 0 Å². The maximum Gasteiger partial charge on any atom is 0.330 e. The SMILES string of the molecule is Cc1cn([C@H]2C[C@H](O)[C@@H](COS(=O)(=O)CC(C)c3ccc(I)cc3[N+](=O)[O-])O2)c(=O)[nH]c1=O. The second-order valence-corrected chi connectivity index (χ2v) is 10.7. The van der Waals surface area contributed by atoms with Gasteiger partial charge in [-0.15, -0.1) is 0 Å². The minimum absolute atomic E-state index is 0.00921. The van der Waals surface area contributed by atoms with Crippen LogP contribution >= 0.6 is 22.6 Å². The van der Waals surface area contributed by atoms with Crippen molar-refractivity contribution in [3.63, 3.8) is 0 Å². The van der Waals surface area contributed by atoms with Crippen LogP contribution in [0.4, 0.5) is 5.69 Å². The number of aromatic nitrogens is 2. The van der Waals surface area contributed by atoms with Crippen LogP contribution in [0.25, 0.3) is 0 Å². The van der Waals surface area contributed by atoms with Crippen LogP contribution in [0.3, 0.4) is 0 Å². The minimum Gasteiger partial charge on any atom is -0.390 e. The van der Waals surface area contributed by atoms with Crippen molar-refractivity contribution >= 4 is 38.4 Å². The second-order valence-electron chi connectivity index (χ2n) is 7.78. The van der Waals surface area contributed by atoms with Crippen LogP contribution in [0, 0.1) is 20.6 Å². The van der Waals surface area contributed by atoms with E-state index in [4.69, 9.17) is 8.92 Å². The van der Waals surface area contributed by atoms with E-state index in [1.54, 1.807) is 6.07 Å². The summed E-state index contributed by atoms with van der Waals surface area (Å²) in [6.07, 6.45) is -1.77. The van der Waals surface area contributed by atoms with E-state index in [-0.39, 0.29) is 23.2 Å². The average Bonchev–Trinajstić information content (AvgIpc) is 3.09. The fraction of sp³-hybridized carbons (Fsp3) is 0.474. The Bertz CT molecular complexity index is 1270. The van der Waals surface area contributed by atoms with E-state index in [1.807, 2.05) is 22.6 Å². The van der Waals surface area contributed by atoms with Gasteiger partial charge in [-0.2, -0.15) is 8.42 Å². The molecule has 12 nitrogen and oxygen atoms in total. The molecule has 3 rings (SSSR count). The highest BCUT2D eigenvalue weighted by atomic mass is 127. The summed E-state index contributed by atoms with van der Waals surface area (Å²) in [5, 5.41) is 21.6. The number of nitrogens with zero attached hydrogens (tertiary/aromatic N) is 2. The van der Waals surface area contributed by atoms with Gasteiger partial charge in [0.1, 0.15) is 12.3 Å². The summed E-state index contributed by atoms with van der Waals surface area (Å²) >= 11 is 1.93. The number of hydrogen-bond donors (Lipinski definition) is 2. The highest BCUT2D eigenvalue weighted by molar-refractivity contribution is 14.1. The number of aryl methyl sites for hydroxylation is 1. The molecule has 1 aromatic carbocycles. The molecule has 4 atom stereocenters. The van der Waals surface area contributed by atoms with Crippen LogP contribution in [-0.2, 0) is 19.0 Å². The van der Waals surface area contributed by atoms with E-state index in [2.05, 4.69) is 4.98 Å². The summed E-state index contributed by atoms with van der Waals surface area (Å²) < 4.78 is 37.4. The summed E-state index contributed by atoms with van der Waals surface area (Å²) in [6, 6.07) is 4.53. The van der Waals surface area contributed by atoms with Crippen molar-refractivity contribution in [2.24, 2.45) is 0 Å². The zero-order valence-corrected chi connectivity index (χ0v) is 20.6. The van der Waals surface area contributed by atoms with E-state index in [0.717, 1.165) is 4.57 Å². The van der Waals surface area contributed by atoms with Crippen LogP contribution in [0.2, 0.25) is 0 Å². The molecule has 1 aliphatic heterocycles. The Morgan fingerprint density at radius 2 is 2.12 bits per heavy atom. The number of rotatable bonds is 8. The van der Waals surface area contributed by atoms with Gasteiger partial charge in [-0.3, -0.25) is 28.6 Å². The number of aliphatic hydroxyl groups is 1. The second kappa shape index (κ2) is 10.0. The predicted octanol–water partition coefficient (Wildman–Crippen LogP) is 1.16. The van der Waals surface area contributed by atoms with Gasteiger partial charge >= 0.3 is 5.69 Å². The molecule has 1 aliphatic rings. The van der Waals surface area contributed by atoms with Gasteiger partial charge in [0.05, 0.1) is 23.4 Å². The number of aliphatic hydroxyl groups excluding tert-OH is 1. The monoisotopic (exact) mass is 595 g/mol. The Morgan fingerprint density at radius 3 is 2.79 bits per heavy atom. The Labute approximate surface area is 202 Å². The normalized spacial score (nSPS) is 21.8. The van der Waals surface area contributed by atoms with Gasteiger partial charge in [0, 0.05) is 39.3 Å². The first-order valence-electron chi connectivity index (χ1n) is 9.84. The molecular formula is C19H22IN3O9S. The van der Waals surface area contributed by atoms with Crippen molar-refractivity contribution in [2.45, 2.75) is 44.6 Å². The minimum atomic E-state index is -4.13. The molecule has 2 aromatic rings. The summed E-state index contributed by atoms with van der Waals surface area (Å²) in [4.78, 5) is 36.5. The first kappa shape index (κ1) is 25.5. The third-order valence-electron chi connectivity index (χ3n) is 5.25. The van der Waals surface area contributed by atoms with Crippen LogP contribution in [0.15, 0.2) is 34.0 Å². The lowest BCUT2D eigenvalue weighted by molar-refractivity contribution is -0.385. The number of nitro benzene ring substituents is 1. The smallest absolute Gasteiger partial charge is 0.330 e. The molecule has 0 bridgehead atoms. The molecular weight excluding hydrogens is 573 g/mol. The Kier molecular flexibility index (Phi) is 7.73. The first-order valence-corrected chi connectivity index (χ1v) is 12.5. The highest BCUT2D eigenvalue weighted by Gasteiger charge is 2.37. The Morgan fingerprint density at radius 1 is 1.42 bits per heavy atom. The van der Waals surface area contributed by atoms with Crippen LogP contribution in [0.1, 0.15) is 36.6 Å². The zero-order valence-electron chi connectivity index (χ0n) is 17.6. The number of hydrogen-bond acceptors (Lipinski definition) is 9. The van der Waals surface area contributed by atoms with E-state index < -0.39 is 63.0 Å². The van der Waals surface area contributed by atoms with E-state index in [1.165, 1.54) is 32.2 Å².